The fourth-order valence-electron chi connectivity index (χ4n) is 2.89. The van der Waals surface area contributed by atoms with E-state index in [1.54, 1.807) is 13.0 Å². The van der Waals surface area contributed by atoms with Crippen LogP contribution in [-0.2, 0) is 58.1 Å². The van der Waals surface area contributed by atoms with Crippen molar-refractivity contribution in [3.05, 3.63) is 37.0 Å². The third-order valence-electron chi connectivity index (χ3n) is 6.13. The molecule has 0 fully saturated rings. The number of rotatable bonds is 24. The maximum atomic E-state index is 8.70. The number of guanidine groups is 7. The number of hydrogen-bond acceptors (Lipinski definition) is 32. The number of carbonyl (C=O) groups excluding carboxylic acids is 6. The van der Waals surface area contributed by atoms with E-state index in [4.69, 9.17) is 138 Å². The average Bonchev–Trinajstić information content (AvgIpc) is 3.53. The van der Waals surface area contributed by atoms with Crippen molar-refractivity contribution in [2.24, 2.45) is 87.7 Å². The summed E-state index contributed by atoms with van der Waals surface area (Å²) in [6, 6.07) is 0. The quantitative estimate of drug-likeness (QED) is 0.0165. The molecule has 93 heavy (non-hydrogen) atoms. The number of hydrogen-bond donors (Lipinski definition) is 27. The first kappa shape index (κ1) is 116. The summed E-state index contributed by atoms with van der Waals surface area (Å²) in [7, 11) is 0. The molecule has 0 spiro atoms. The molecule has 0 rings (SSSR count). The van der Waals surface area contributed by atoms with Crippen LogP contribution in [0.5, 0.6) is 0 Å². The standard InChI is InChI=1S/2C7H16N4.2C6H14N4.2C5H10N4.C4H8N4.6CH2O3.CH4.6H2/c1-5(2)4-6(3)10-11-7(8)9;1-3-4-5-6(2)10-11-7(8)9;1-4(2)5(3)9-10-6(7)8;1-3-4-5(2)9-10-6(7)8;1-4(2)3-8-9-5(6)7;1-2-3-4-8-9-5(6)7;1-2-3-7-8-4(5)6;6*2-1-4-3;;;;;;;/h5H,4H2,1-3H3,(H4,8,9,11);3-5H2,1-2H3,(H4,8,9,11);4H,1-3H3,(H4,7,8,10);3-4H2,1-2H3,(H4,7,8,10);3H,1H2,2H3,(H4,6,7,9);2-4H,1H3,(H4,6,7,9);2-3H,1H2,(H4,5,6,8);6*1,3H;1H4;6*1H/b2*10-6+;2*9-5+;8-3+;3-2+,8-4+;7-3+;;;;;;;;;;;;;. The van der Waals surface area contributed by atoms with Crippen LogP contribution in [0.2, 0.25) is 0 Å². The van der Waals surface area contributed by atoms with Crippen molar-refractivity contribution >= 4 is 122 Å². The molecule has 0 aromatic carbocycles. The van der Waals surface area contributed by atoms with Crippen molar-refractivity contribution < 1.29 is 98.2 Å². The Bertz CT molecular complexity index is 2120. The van der Waals surface area contributed by atoms with Gasteiger partial charge in [0.1, 0.15) is 0 Å². The van der Waals surface area contributed by atoms with E-state index in [0.717, 1.165) is 66.9 Å². The second-order valence-corrected chi connectivity index (χ2v) is 15.2. The molecule has 0 aliphatic carbocycles. The SMILES string of the molecule is C.C/C(=N\NC(=N)N)C(C)C.C/C(CC(C)C)=N\NC(=N)N.C/C=C/C=N/NC(=N)N.C=C(C)/C=N/NC(=N)N.C=C/C=N/NC(=N)N.CCC/C(C)=N/NC(=N)N.CCCC/C(C)=N/NC(=N)N.O=COO.O=COO.O=COO.O=COO.O=COO.O=COO.[HH].[HH].[HH].[HH].[HH].[HH]. The number of nitrogens with zero attached hydrogens (tertiary/aromatic N) is 7. The smallest absolute Gasteiger partial charge is 0.330 e. The largest absolute Gasteiger partial charge is 0.369 e. The lowest BCUT2D eigenvalue weighted by Gasteiger charge is -2.03. The lowest BCUT2D eigenvalue weighted by molar-refractivity contribution is -0.217. The molecule has 46 heteroatoms. The molecule has 552 valence electrons. The molecule has 0 radical (unpaired) electrons. The molecule has 0 heterocycles. The van der Waals surface area contributed by atoms with Gasteiger partial charge in [0.25, 0.3) is 0 Å². The number of carbonyl (C=O) groups is 6. The number of hydrazone groups is 7. The molecular formula is C47H116N28O18. The molecule has 0 aromatic heterocycles. The van der Waals surface area contributed by atoms with Crippen LogP contribution in [-0.4, -0.2) is 154 Å². The van der Waals surface area contributed by atoms with E-state index < -0.39 is 0 Å². The molecule has 0 aromatic rings. The minimum absolute atomic E-state index is 0. The van der Waals surface area contributed by atoms with Gasteiger partial charge < -0.3 is 69.5 Å². The van der Waals surface area contributed by atoms with Crippen LogP contribution in [0.15, 0.2) is 72.7 Å². The van der Waals surface area contributed by atoms with Gasteiger partial charge in [0.05, 0.1) is 0 Å². The molecule has 0 saturated carbocycles. The Kier molecular flexibility index (Phi) is 135. The Morgan fingerprint density at radius 1 is 0.484 bits per heavy atom. The predicted molar refractivity (Wildman–Crippen MR) is 370 cm³/mol. The van der Waals surface area contributed by atoms with Gasteiger partial charge in [-0.1, -0.05) is 81.0 Å². The monoisotopic (exact) mass is 1360 g/mol. The van der Waals surface area contributed by atoms with E-state index >= 15 is 0 Å². The van der Waals surface area contributed by atoms with Gasteiger partial charge in [-0.25, -0.2) is 69.5 Å². The molecule has 0 aliphatic rings. The third kappa shape index (κ3) is 230. The van der Waals surface area contributed by atoms with Crippen LogP contribution in [0.25, 0.3) is 0 Å². The van der Waals surface area contributed by atoms with E-state index in [9.17, 15) is 0 Å². The van der Waals surface area contributed by atoms with Crippen molar-refractivity contribution in [2.75, 3.05) is 0 Å². The third-order valence-corrected chi connectivity index (χ3v) is 6.13. The summed E-state index contributed by atoms with van der Waals surface area (Å²) in [5, 5.41) is 115. The molecule has 0 aliphatic heterocycles. The van der Waals surface area contributed by atoms with Crippen LogP contribution < -0.4 is 78.1 Å². The summed E-state index contributed by atoms with van der Waals surface area (Å²) in [4.78, 5) is 69.4. The van der Waals surface area contributed by atoms with Crippen LogP contribution in [0.3, 0.4) is 0 Å². The number of nitrogens with one attached hydrogen (secondary N) is 14. The van der Waals surface area contributed by atoms with Gasteiger partial charge in [-0.2, -0.15) is 35.7 Å². The Labute approximate surface area is 549 Å². The zero-order chi connectivity index (χ0) is 75.0. The van der Waals surface area contributed by atoms with Crippen LogP contribution in [0.4, 0.5) is 0 Å². The van der Waals surface area contributed by atoms with E-state index in [2.05, 4.69) is 144 Å². The van der Waals surface area contributed by atoms with E-state index in [1.807, 2.05) is 54.5 Å². The highest BCUT2D eigenvalue weighted by atomic mass is 17.1. The van der Waals surface area contributed by atoms with Gasteiger partial charge in [-0.15, -0.1) is 0 Å². The van der Waals surface area contributed by atoms with Crippen molar-refractivity contribution in [3.63, 3.8) is 0 Å². The number of nitrogens with two attached hydrogens (primary N) is 7. The van der Waals surface area contributed by atoms with Crippen molar-refractivity contribution in [2.45, 2.75) is 129 Å². The van der Waals surface area contributed by atoms with Gasteiger partial charge in [0.2, 0.25) is 41.7 Å². The first-order chi connectivity index (χ1) is 43.0. The minimum Gasteiger partial charge on any atom is -0.369 e. The zero-order valence-corrected chi connectivity index (χ0v) is 53.5. The Balaban J connectivity index is -0.0000000383. The minimum atomic E-state index is -0.178. The summed E-state index contributed by atoms with van der Waals surface area (Å²) in [6.45, 7) is 30.3. The van der Waals surface area contributed by atoms with E-state index in [-0.39, 0.29) is 96.5 Å². The van der Waals surface area contributed by atoms with Crippen LogP contribution in [0, 0.1) is 49.7 Å². The lowest BCUT2D eigenvalue weighted by Crippen LogP contribution is -2.27. The predicted octanol–water partition coefficient (Wildman–Crippen LogP) is 2.68. The van der Waals surface area contributed by atoms with Crippen LogP contribution >= 0.6 is 0 Å². The highest BCUT2D eigenvalue weighted by molar-refractivity contribution is 5.86. The second-order valence-electron chi connectivity index (χ2n) is 15.2. The second kappa shape index (κ2) is 108. The zero-order valence-electron chi connectivity index (χ0n) is 53.5. The van der Waals surface area contributed by atoms with E-state index in [1.165, 1.54) is 24.7 Å². The summed E-state index contributed by atoms with van der Waals surface area (Å²) >= 11 is 0. The maximum absolute atomic E-state index is 8.70. The van der Waals surface area contributed by atoms with Gasteiger partial charge in [0.15, 0.2) is 0 Å². The molecule has 0 atom stereocenters. The van der Waals surface area contributed by atoms with Crippen molar-refractivity contribution in [3.8, 4) is 0 Å². The Morgan fingerprint density at radius 3 is 1.00 bits per heavy atom. The Hall–Kier alpha value is -11.6. The first-order valence-corrected chi connectivity index (χ1v) is 24.8. The summed E-state index contributed by atoms with van der Waals surface area (Å²) in [6.07, 6.45) is 15.6. The first-order valence-electron chi connectivity index (χ1n) is 24.8. The maximum Gasteiger partial charge on any atom is 0.330 e. The Morgan fingerprint density at radius 2 is 0.763 bits per heavy atom. The van der Waals surface area contributed by atoms with Crippen molar-refractivity contribution in [1.82, 2.24) is 38.0 Å². The summed E-state index contributed by atoms with van der Waals surface area (Å²) in [5.41, 5.74) is 55.7. The topological polar surface area (TPSA) is 799 Å². The highest BCUT2D eigenvalue weighted by Crippen LogP contribution is 2.00. The lowest BCUT2D eigenvalue weighted by atomic mass is 10.1. The molecule has 46 nitrogen and oxygen atoms in total. The van der Waals surface area contributed by atoms with Gasteiger partial charge in [-0.05, 0) is 96.8 Å². The van der Waals surface area contributed by atoms with Gasteiger partial charge >= 0.3 is 38.8 Å². The summed E-state index contributed by atoms with van der Waals surface area (Å²) < 4.78 is 0. The average molecular weight is 1360 g/mol. The fourth-order valence-corrected chi connectivity index (χ4v) is 2.89. The molecule has 0 unspecified atom stereocenters. The normalized spacial score (nSPS) is 9.29. The van der Waals surface area contributed by atoms with Gasteiger partial charge in [0, 0.05) is 50.1 Å². The highest BCUT2D eigenvalue weighted by Gasteiger charge is 1.97. The van der Waals surface area contributed by atoms with Crippen molar-refractivity contribution in [1.29, 1.82) is 37.9 Å². The van der Waals surface area contributed by atoms with E-state index in [0.29, 0.717) is 11.8 Å². The number of allylic oxidation sites excluding steroid dienone is 4. The molecular weight excluding hydrogens is 1240 g/mol. The van der Waals surface area contributed by atoms with Crippen LogP contribution in [0.1, 0.15) is 138 Å². The molecule has 0 amide bonds. The number of unbranched alkanes of at least 4 members (excludes halogenated alkanes) is 1. The molecule has 34 N–H and O–H groups in total. The summed E-state index contributed by atoms with van der Waals surface area (Å²) in [5.74, 6) is 0.00937. The molecule has 0 bridgehead atoms. The molecule has 0 saturated heterocycles. The fraction of sp³-hybridized carbons (Fsp3) is 0.447. The van der Waals surface area contributed by atoms with Gasteiger partial charge in [-0.3, -0.25) is 66.6 Å².